The normalized spacial score (nSPS) is 19.8. The number of nitrogens with two attached hydrogens (primary N) is 1. The van der Waals surface area contributed by atoms with Crippen LogP contribution in [0.5, 0.6) is 0 Å². The van der Waals surface area contributed by atoms with Gasteiger partial charge in [-0.2, -0.15) is 0 Å². The van der Waals surface area contributed by atoms with Crippen LogP contribution >= 0.6 is 0 Å². The lowest BCUT2D eigenvalue weighted by Crippen LogP contribution is -2.34. The molecule has 0 bridgehead atoms. The van der Waals surface area contributed by atoms with Crippen LogP contribution in [0.4, 0.5) is 0 Å². The monoisotopic (exact) mass is 325 g/mol. The first-order chi connectivity index (χ1) is 10.2. The summed E-state index contributed by atoms with van der Waals surface area (Å²) in [5.41, 5.74) is 5.38. The summed E-state index contributed by atoms with van der Waals surface area (Å²) < 4.78 is 30.9. The van der Waals surface area contributed by atoms with E-state index < -0.39 is 34.0 Å². The van der Waals surface area contributed by atoms with Crippen LogP contribution in [0.15, 0.2) is 34.2 Å². The van der Waals surface area contributed by atoms with Gasteiger partial charge in [-0.25, -0.2) is 13.2 Å². The highest BCUT2D eigenvalue weighted by atomic mass is 32.2. The molecule has 1 amide bonds. The maximum absolute atomic E-state index is 11.9. The minimum absolute atomic E-state index is 0.0618. The lowest BCUT2D eigenvalue weighted by molar-refractivity contribution is -0.154. The van der Waals surface area contributed by atoms with Crippen molar-refractivity contribution in [2.75, 3.05) is 0 Å². The van der Waals surface area contributed by atoms with Gasteiger partial charge < -0.3 is 10.5 Å². The van der Waals surface area contributed by atoms with Gasteiger partial charge in [-0.3, -0.25) is 14.5 Å². The van der Waals surface area contributed by atoms with Crippen molar-refractivity contribution in [1.82, 2.24) is 4.72 Å². The highest BCUT2D eigenvalue weighted by Gasteiger charge is 2.31. The largest absolute Gasteiger partial charge is 0.451 e. The Bertz CT molecular complexity index is 757. The number of ether oxygens (including phenoxy) is 1. The molecule has 0 saturated heterocycles. The molecular formula is C13H15N3O5S. The first-order valence-corrected chi connectivity index (χ1v) is 7.90. The molecule has 1 aromatic carbocycles. The van der Waals surface area contributed by atoms with E-state index in [1.54, 1.807) is 18.2 Å². The number of amides is 1. The van der Waals surface area contributed by atoms with Crippen molar-refractivity contribution < 1.29 is 22.7 Å². The van der Waals surface area contributed by atoms with Crippen molar-refractivity contribution in [3.8, 4) is 0 Å². The van der Waals surface area contributed by atoms with Gasteiger partial charge in [0.25, 0.3) is 15.9 Å². The van der Waals surface area contributed by atoms with E-state index in [9.17, 15) is 18.0 Å². The number of sulfonamides is 1. The second-order valence-corrected chi connectivity index (χ2v) is 6.39. The van der Waals surface area contributed by atoms with E-state index >= 15 is 0 Å². The molecule has 3 N–H and O–H groups in total. The average Bonchev–Trinajstić information content (AvgIpc) is 2.70. The Morgan fingerprint density at radius 2 is 1.91 bits per heavy atom. The zero-order chi connectivity index (χ0) is 16.5. The summed E-state index contributed by atoms with van der Waals surface area (Å²) in [5, 5.41) is 0. The number of esters is 1. The van der Waals surface area contributed by atoms with E-state index in [2.05, 4.69) is 9.71 Å². The maximum Gasteiger partial charge on any atom is 0.331 e. The van der Waals surface area contributed by atoms with Gasteiger partial charge in [0.05, 0.1) is 4.90 Å². The van der Waals surface area contributed by atoms with Crippen LogP contribution in [0.2, 0.25) is 0 Å². The Morgan fingerprint density at radius 1 is 1.27 bits per heavy atom. The summed E-state index contributed by atoms with van der Waals surface area (Å²) >= 11 is 0. The lowest BCUT2D eigenvalue weighted by atomic mass is 10.2. The predicted octanol–water partition coefficient (Wildman–Crippen LogP) is -0.469. The molecule has 9 heteroatoms. The fourth-order valence-electron chi connectivity index (χ4n) is 1.81. The van der Waals surface area contributed by atoms with E-state index in [4.69, 9.17) is 10.5 Å². The highest BCUT2D eigenvalue weighted by Crippen LogP contribution is 2.22. The second-order valence-electron chi connectivity index (χ2n) is 4.74. The Labute approximate surface area is 127 Å². The maximum atomic E-state index is 11.9. The van der Waals surface area contributed by atoms with Crippen molar-refractivity contribution in [3.05, 3.63) is 29.8 Å². The molecule has 0 fully saturated rings. The molecule has 0 unspecified atom stereocenters. The number of hydrogen-bond acceptors (Lipinski definition) is 6. The molecule has 0 aromatic heterocycles. The van der Waals surface area contributed by atoms with Gasteiger partial charge in [-0.15, -0.1) is 0 Å². The number of nitrogens with one attached hydrogen (secondary N) is 1. The Morgan fingerprint density at radius 3 is 2.55 bits per heavy atom. The minimum atomic E-state index is -3.67. The molecule has 2 rings (SSSR count). The quantitative estimate of drug-likeness (QED) is 0.723. The topological polar surface area (TPSA) is 128 Å². The summed E-state index contributed by atoms with van der Waals surface area (Å²) in [4.78, 5) is 26.8. The number of hydrogen-bond donors (Lipinski definition) is 2. The number of aliphatic imine (C=N–C) groups is 1. The standard InChI is InChI=1S/C13H15N3O5S/c1-7(13(18)21-8(2)11(14)17)15-12-9-5-3-4-6-10(9)22(19,20)16-12/h3-8H,1-2H3,(H2,14,17)(H,15,16)/t7-,8-/m0/s1. The summed E-state index contributed by atoms with van der Waals surface area (Å²) in [6.45, 7) is 2.77. The molecular weight excluding hydrogens is 310 g/mol. The molecule has 0 aliphatic carbocycles. The van der Waals surface area contributed by atoms with Gasteiger partial charge in [-0.05, 0) is 26.0 Å². The van der Waals surface area contributed by atoms with Gasteiger partial charge in [0, 0.05) is 5.56 Å². The number of fused-ring (bicyclic) bond motifs is 1. The number of carbonyl (C=O) groups excluding carboxylic acids is 2. The van der Waals surface area contributed by atoms with Crippen molar-refractivity contribution in [2.45, 2.75) is 30.9 Å². The zero-order valence-electron chi connectivity index (χ0n) is 11.9. The minimum Gasteiger partial charge on any atom is -0.451 e. The van der Waals surface area contributed by atoms with E-state index in [1.807, 2.05) is 0 Å². The summed E-state index contributed by atoms with van der Waals surface area (Å²) in [7, 11) is -3.67. The SMILES string of the molecule is C[C@H](N=C1NS(=O)(=O)c2ccccc21)C(=O)O[C@@H](C)C(N)=O. The van der Waals surface area contributed by atoms with E-state index in [0.717, 1.165) is 0 Å². The molecule has 1 aromatic rings. The van der Waals surface area contributed by atoms with Gasteiger partial charge in [0.1, 0.15) is 11.9 Å². The average molecular weight is 325 g/mol. The van der Waals surface area contributed by atoms with Crippen LogP contribution < -0.4 is 10.5 Å². The van der Waals surface area contributed by atoms with Gasteiger partial charge in [-0.1, -0.05) is 12.1 Å². The van der Waals surface area contributed by atoms with Crippen molar-refractivity contribution >= 4 is 27.7 Å². The molecule has 118 valence electrons. The number of carbonyl (C=O) groups is 2. The summed E-state index contributed by atoms with van der Waals surface area (Å²) in [6.07, 6.45) is -1.08. The van der Waals surface area contributed by atoms with Crippen LogP contribution in [0.3, 0.4) is 0 Å². The first-order valence-electron chi connectivity index (χ1n) is 6.42. The number of rotatable bonds is 4. The molecule has 0 spiro atoms. The van der Waals surface area contributed by atoms with E-state index in [1.165, 1.54) is 19.9 Å². The second kappa shape index (κ2) is 5.76. The van der Waals surface area contributed by atoms with Crippen LogP contribution in [-0.2, 0) is 24.3 Å². The van der Waals surface area contributed by atoms with Crippen molar-refractivity contribution in [1.29, 1.82) is 0 Å². The molecule has 2 atom stereocenters. The van der Waals surface area contributed by atoms with Crippen LogP contribution in [0.25, 0.3) is 0 Å². The number of nitrogens with zero attached hydrogens (tertiary/aromatic N) is 1. The zero-order valence-corrected chi connectivity index (χ0v) is 12.8. The predicted molar refractivity (Wildman–Crippen MR) is 77.5 cm³/mol. The molecule has 1 aliphatic heterocycles. The number of primary amides is 1. The fraction of sp³-hybridized carbons (Fsp3) is 0.308. The molecule has 8 nitrogen and oxygen atoms in total. The number of benzene rings is 1. The van der Waals surface area contributed by atoms with Crippen LogP contribution in [0.1, 0.15) is 19.4 Å². The molecule has 1 heterocycles. The lowest BCUT2D eigenvalue weighted by Gasteiger charge is -2.12. The summed E-state index contributed by atoms with van der Waals surface area (Å²) in [6, 6.07) is 5.28. The summed E-state index contributed by atoms with van der Waals surface area (Å²) in [5.74, 6) is -1.49. The fourth-order valence-corrected chi connectivity index (χ4v) is 3.05. The molecule has 0 radical (unpaired) electrons. The smallest absolute Gasteiger partial charge is 0.331 e. The van der Waals surface area contributed by atoms with Crippen molar-refractivity contribution in [2.24, 2.45) is 10.7 Å². The Hall–Kier alpha value is -2.42. The van der Waals surface area contributed by atoms with E-state index in [-0.39, 0.29) is 10.7 Å². The Kier molecular flexibility index (Phi) is 4.18. The molecule has 1 aliphatic rings. The van der Waals surface area contributed by atoms with Crippen LogP contribution in [-0.4, -0.2) is 38.3 Å². The third-order valence-electron chi connectivity index (χ3n) is 3.02. The first kappa shape index (κ1) is 16.0. The van der Waals surface area contributed by atoms with E-state index in [0.29, 0.717) is 5.56 Å². The highest BCUT2D eigenvalue weighted by molar-refractivity contribution is 7.90. The van der Waals surface area contributed by atoms with Crippen molar-refractivity contribution in [3.63, 3.8) is 0 Å². The van der Waals surface area contributed by atoms with Gasteiger partial charge >= 0.3 is 5.97 Å². The number of amidine groups is 1. The Balaban J connectivity index is 2.24. The molecule has 0 saturated carbocycles. The van der Waals surface area contributed by atoms with Gasteiger partial charge in [0.2, 0.25) is 0 Å². The van der Waals surface area contributed by atoms with Gasteiger partial charge in [0.15, 0.2) is 6.10 Å². The third-order valence-corrected chi connectivity index (χ3v) is 4.42. The van der Waals surface area contributed by atoms with Crippen LogP contribution in [0, 0.1) is 0 Å². The third kappa shape index (κ3) is 3.08. The molecule has 22 heavy (non-hydrogen) atoms.